The SMILES string of the molecule is C[C@@]12C3=CC(=C4C=CC(=O)C=C4)C=C1CCC1=CC(=C4C=CC(=O)C=C4)C=C(C=C3)[C@]12C. The quantitative estimate of drug-likeness (QED) is 0.480. The Morgan fingerprint density at radius 3 is 1.25 bits per heavy atom. The molecule has 0 aromatic rings. The van der Waals surface area contributed by atoms with E-state index in [0.717, 1.165) is 24.0 Å². The Morgan fingerprint density at radius 2 is 0.875 bits per heavy atom. The molecule has 2 nitrogen and oxygen atoms in total. The van der Waals surface area contributed by atoms with Crippen molar-refractivity contribution in [3.63, 3.8) is 0 Å². The van der Waals surface area contributed by atoms with E-state index in [4.69, 9.17) is 0 Å². The number of allylic oxidation sites excluding steroid dienone is 22. The topological polar surface area (TPSA) is 34.1 Å². The van der Waals surface area contributed by atoms with E-state index in [2.05, 4.69) is 50.3 Å². The molecule has 2 heteroatoms. The summed E-state index contributed by atoms with van der Waals surface area (Å²) in [6.07, 6.45) is 30.2. The highest BCUT2D eigenvalue weighted by Gasteiger charge is 2.57. The summed E-state index contributed by atoms with van der Waals surface area (Å²) in [6.45, 7) is 4.79. The number of hydrogen-bond donors (Lipinski definition) is 0. The van der Waals surface area contributed by atoms with E-state index in [1.54, 1.807) is 24.3 Å². The van der Waals surface area contributed by atoms with Crippen LogP contribution >= 0.6 is 0 Å². The maximum atomic E-state index is 11.6. The van der Waals surface area contributed by atoms with Crippen molar-refractivity contribution >= 4 is 11.6 Å². The summed E-state index contributed by atoms with van der Waals surface area (Å²) >= 11 is 0. The molecular formula is C30H24O2. The number of carbonyl (C=O) groups is 2. The molecule has 0 amide bonds. The van der Waals surface area contributed by atoms with Gasteiger partial charge in [0.05, 0.1) is 0 Å². The van der Waals surface area contributed by atoms with Crippen LogP contribution in [0.1, 0.15) is 26.7 Å². The molecular weight excluding hydrogens is 392 g/mol. The molecule has 0 bridgehead atoms. The van der Waals surface area contributed by atoms with E-state index in [-0.39, 0.29) is 22.4 Å². The van der Waals surface area contributed by atoms with E-state index in [9.17, 15) is 9.59 Å². The van der Waals surface area contributed by atoms with Crippen molar-refractivity contribution in [3.05, 3.63) is 130 Å². The first-order chi connectivity index (χ1) is 15.4. The average Bonchev–Trinajstić information content (AvgIpc) is 2.78. The summed E-state index contributed by atoms with van der Waals surface area (Å²) in [5.41, 5.74) is 9.95. The van der Waals surface area contributed by atoms with Gasteiger partial charge in [0.25, 0.3) is 0 Å². The van der Waals surface area contributed by atoms with Crippen LogP contribution in [0.3, 0.4) is 0 Å². The van der Waals surface area contributed by atoms with Crippen LogP contribution in [0.25, 0.3) is 0 Å². The molecule has 1 fully saturated rings. The number of ketones is 2. The van der Waals surface area contributed by atoms with E-state index >= 15 is 0 Å². The molecule has 0 N–H and O–H groups in total. The molecule has 0 heterocycles. The second-order valence-corrected chi connectivity index (χ2v) is 9.58. The lowest BCUT2D eigenvalue weighted by Gasteiger charge is -2.58. The second kappa shape index (κ2) is 6.49. The van der Waals surface area contributed by atoms with Crippen molar-refractivity contribution in [1.82, 2.24) is 0 Å². The van der Waals surface area contributed by atoms with Gasteiger partial charge in [-0.3, -0.25) is 9.59 Å². The smallest absolute Gasteiger partial charge is 0.178 e. The van der Waals surface area contributed by atoms with E-state index in [1.165, 1.54) is 33.4 Å². The van der Waals surface area contributed by atoms with Gasteiger partial charge in [0.15, 0.2) is 11.6 Å². The fraction of sp³-hybridized carbons (Fsp3) is 0.200. The number of hydrogen-bond acceptors (Lipinski definition) is 2. The van der Waals surface area contributed by atoms with E-state index in [1.807, 2.05) is 24.3 Å². The second-order valence-electron chi connectivity index (χ2n) is 9.58. The molecule has 0 saturated heterocycles. The van der Waals surface area contributed by atoms with Crippen molar-refractivity contribution < 1.29 is 9.59 Å². The summed E-state index contributed by atoms with van der Waals surface area (Å²) < 4.78 is 0. The van der Waals surface area contributed by atoms with Gasteiger partial charge in [-0.2, -0.15) is 0 Å². The summed E-state index contributed by atoms with van der Waals surface area (Å²) in [5, 5.41) is 0. The monoisotopic (exact) mass is 416 g/mol. The molecule has 32 heavy (non-hydrogen) atoms. The molecule has 0 radical (unpaired) electrons. The summed E-state index contributed by atoms with van der Waals surface area (Å²) in [4.78, 5) is 23.1. The van der Waals surface area contributed by atoms with Crippen LogP contribution < -0.4 is 0 Å². The van der Waals surface area contributed by atoms with E-state index < -0.39 is 0 Å². The van der Waals surface area contributed by atoms with Crippen molar-refractivity contribution in [2.45, 2.75) is 26.7 Å². The lowest BCUT2D eigenvalue weighted by molar-refractivity contribution is -0.111. The fourth-order valence-corrected chi connectivity index (χ4v) is 6.11. The highest BCUT2D eigenvalue weighted by molar-refractivity contribution is 6.02. The van der Waals surface area contributed by atoms with Crippen LogP contribution in [0.2, 0.25) is 0 Å². The maximum Gasteiger partial charge on any atom is 0.178 e. The van der Waals surface area contributed by atoms with Crippen LogP contribution in [0.5, 0.6) is 0 Å². The van der Waals surface area contributed by atoms with Gasteiger partial charge in [-0.15, -0.1) is 0 Å². The third-order valence-corrected chi connectivity index (χ3v) is 8.20. The number of carbonyl (C=O) groups excluding carboxylic acids is 2. The highest BCUT2D eigenvalue weighted by atomic mass is 16.1. The fourth-order valence-electron chi connectivity index (χ4n) is 6.11. The first-order valence-electron chi connectivity index (χ1n) is 11.2. The van der Waals surface area contributed by atoms with Gasteiger partial charge in [-0.25, -0.2) is 0 Å². The normalized spacial score (nSPS) is 32.1. The largest absolute Gasteiger partial charge is 0.290 e. The molecule has 0 unspecified atom stereocenters. The van der Waals surface area contributed by atoms with Crippen LogP contribution in [0.15, 0.2) is 130 Å². The third-order valence-electron chi connectivity index (χ3n) is 8.20. The molecule has 156 valence electrons. The predicted octanol–water partition coefficient (Wildman–Crippen LogP) is 6.08. The standard InChI is InChI=1S/C30H24O2/c1-29-23-7-9-25-17-22(20-5-13-28(32)14-6-20)18-26(30(25,29)2)10-8-24(29)16-21(15-23)19-3-11-27(31)12-4-19/h3-7,9,11-18H,8,10H2,1-2H3/t29-,30-/m1/s1. The molecule has 0 aliphatic heterocycles. The van der Waals surface area contributed by atoms with Gasteiger partial charge >= 0.3 is 0 Å². The first-order valence-corrected chi connectivity index (χ1v) is 11.2. The minimum Gasteiger partial charge on any atom is -0.290 e. The van der Waals surface area contributed by atoms with Gasteiger partial charge in [-0.05, 0) is 70.6 Å². The predicted molar refractivity (Wildman–Crippen MR) is 128 cm³/mol. The Morgan fingerprint density at radius 1 is 0.500 bits per heavy atom. The summed E-state index contributed by atoms with van der Waals surface area (Å²) in [5.74, 6) is 0.0866. The molecule has 1 saturated carbocycles. The zero-order valence-corrected chi connectivity index (χ0v) is 18.3. The summed E-state index contributed by atoms with van der Waals surface area (Å²) in [7, 11) is 0. The third kappa shape index (κ3) is 2.47. The van der Waals surface area contributed by atoms with E-state index in [0.29, 0.717) is 0 Å². The zero-order valence-electron chi connectivity index (χ0n) is 18.3. The molecule has 0 spiro atoms. The molecule has 0 aromatic carbocycles. The average molecular weight is 417 g/mol. The Labute approximate surface area is 188 Å². The van der Waals surface area contributed by atoms with Crippen molar-refractivity contribution in [3.8, 4) is 0 Å². The molecule has 6 aliphatic rings. The Bertz CT molecular complexity index is 1210. The van der Waals surface area contributed by atoms with Gasteiger partial charge in [0.2, 0.25) is 0 Å². The Kier molecular flexibility index (Phi) is 3.89. The minimum absolute atomic E-state index is 0.0433. The van der Waals surface area contributed by atoms with Crippen LogP contribution in [-0.2, 0) is 9.59 Å². The molecule has 6 rings (SSSR count). The minimum atomic E-state index is -0.0932. The lowest BCUT2D eigenvalue weighted by Crippen LogP contribution is -2.49. The van der Waals surface area contributed by atoms with Gasteiger partial charge in [0.1, 0.15) is 0 Å². The van der Waals surface area contributed by atoms with Crippen molar-refractivity contribution in [1.29, 1.82) is 0 Å². The Hall–Kier alpha value is -3.52. The van der Waals surface area contributed by atoms with Crippen LogP contribution in [0, 0.1) is 10.8 Å². The summed E-state index contributed by atoms with van der Waals surface area (Å²) in [6, 6.07) is 0. The van der Waals surface area contributed by atoms with Crippen molar-refractivity contribution in [2.24, 2.45) is 10.8 Å². The Balaban J connectivity index is 1.53. The molecule has 0 aromatic heterocycles. The van der Waals surface area contributed by atoms with Crippen molar-refractivity contribution in [2.75, 3.05) is 0 Å². The highest BCUT2D eigenvalue weighted by Crippen LogP contribution is 2.67. The van der Waals surface area contributed by atoms with Crippen LogP contribution in [0.4, 0.5) is 0 Å². The maximum absolute atomic E-state index is 11.6. The van der Waals surface area contributed by atoms with Crippen LogP contribution in [-0.4, -0.2) is 11.6 Å². The first kappa shape index (κ1) is 19.2. The lowest BCUT2D eigenvalue weighted by atomic mass is 9.44. The molecule has 2 atom stereocenters. The zero-order chi connectivity index (χ0) is 22.1. The van der Waals surface area contributed by atoms with Gasteiger partial charge < -0.3 is 0 Å². The van der Waals surface area contributed by atoms with Gasteiger partial charge in [0, 0.05) is 10.8 Å². The van der Waals surface area contributed by atoms with Gasteiger partial charge in [-0.1, -0.05) is 85.8 Å². The molecule has 6 aliphatic carbocycles. The number of rotatable bonds is 0.